The van der Waals surface area contributed by atoms with Gasteiger partial charge in [0.2, 0.25) is 0 Å². The number of aromatic amines is 1. The fraction of sp³-hybridized carbons (Fsp3) is 0.500. The number of H-pyrrole nitrogens is 1. The Labute approximate surface area is 190 Å². The molecule has 3 aromatic heterocycles. The van der Waals surface area contributed by atoms with Crippen LogP contribution in [0.3, 0.4) is 0 Å². The second-order valence-electron chi connectivity index (χ2n) is 8.69. The smallest absolute Gasteiger partial charge is 0.408 e. The number of carbonyl (C=O) groups is 1. The number of rotatable bonds is 6. The van der Waals surface area contributed by atoms with Crippen molar-refractivity contribution in [2.75, 3.05) is 11.9 Å². The summed E-state index contributed by atoms with van der Waals surface area (Å²) in [6.07, 6.45) is -5.47. The average molecular weight is 483 g/mol. The van der Waals surface area contributed by atoms with E-state index in [-0.39, 0.29) is 29.5 Å². The summed E-state index contributed by atoms with van der Waals surface area (Å²) >= 11 is 0. The Morgan fingerprint density at radius 3 is 2.91 bits per heavy atom. The van der Waals surface area contributed by atoms with E-state index in [0.717, 1.165) is 12.8 Å². The minimum atomic E-state index is -4.39. The van der Waals surface area contributed by atoms with Crippen molar-refractivity contribution in [1.29, 1.82) is 0 Å². The van der Waals surface area contributed by atoms with Gasteiger partial charge < -0.3 is 20.1 Å². The Kier molecular flexibility index (Phi) is 5.34. The molecule has 1 amide bonds. The number of alkyl carbamates (subject to hydrolysis) is 1. The number of amides is 1. The van der Waals surface area contributed by atoms with Crippen LogP contribution in [0.15, 0.2) is 24.5 Å². The van der Waals surface area contributed by atoms with Gasteiger partial charge in [-0.1, -0.05) is 0 Å². The van der Waals surface area contributed by atoms with Crippen molar-refractivity contribution in [3.63, 3.8) is 0 Å². The summed E-state index contributed by atoms with van der Waals surface area (Å²) in [5, 5.41) is 16.2. The lowest BCUT2D eigenvalue weighted by Gasteiger charge is -2.17. The molecule has 2 fully saturated rings. The van der Waals surface area contributed by atoms with Crippen LogP contribution in [0, 0.1) is 0 Å². The number of fused-ring (bicyclic) bond motifs is 1. The molecule has 3 atom stereocenters. The minimum Gasteiger partial charge on any atom is -0.441 e. The summed E-state index contributed by atoms with van der Waals surface area (Å²) < 4.78 is 65.0. The molecule has 1 aliphatic carbocycles. The van der Waals surface area contributed by atoms with Crippen LogP contribution >= 0.6 is 0 Å². The lowest BCUT2D eigenvalue weighted by molar-refractivity contribution is -0.127. The first-order valence-corrected chi connectivity index (χ1v) is 10.6. The topological polar surface area (TPSA) is 118 Å². The molecule has 0 bridgehead atoms. The zero-order chi connectivity index (χ0) is 24.1. The summed E-state index contributed by atoms with van der Waals surface area (Å²) in [7, 11) is 0. The summed E-state index contributed by atoms with van der Waals surface area (Å²) in [6, 6.07) is 2.77. The van der Waals surface area contributed by atoms with Gasteiger partial charge in [0.05, 0.1) is 24.4 Å². The number of nitrogens with one attached hydrogen (secondary N) is 3. The van der Waals surface area contributed by atoms with Crippen LogP contribution in [0.25, 0.3) is 5.52 Å². The van der Waals surface area contributed by atoms with Crippen LogP contribution < -0.4 is 10.6 Å². The molecule has 0 unspecified atom stereocenters. The summed E-state index contributed by atoms with van der Waals surface area (Å²) in [4.78, 5) is 16.1. The van der Waals surface area contributed by atoms with Gasteiger partial charge in [-0.3, -0.25) is 5.10 Å². The Hall–Kier alpha value is -3.42. The fourth-order valence-corrected chi connectivity index (χ4v) is 3.69. The third kappa shape index (κ3) is 4.76. The van der Waals surface area contributed by atoms with E-state index in [0.29, 0.717) is 11.2 Å². The number of hydrogen-bond donors (Lipinski definition) is 3. The molecular weight excluding hydrogens is 462 g/mol. The van der Waals surface area contributed by atoms with Gasteiger partial charge in [0.15, 0.2) is 23.9 Å². The molecule has 14 heteroatoms. The third-order valence-corrected chi connectivity index (χ3v) is 5.72. The zero-order valence-corrected chi connectivity index (χ0v) is 17.9. The van der Waals surface area contributed by atoms with Crippen LogP contribution in [-0.2, 0) is 15.9 Å². The second kappa shape index (κ2) is 8.11. The van der Waals surface area contributed by atoms with Crippen LogP contribution in [0.5, 0.6) is 0 Å². The molecule has 2 aliphatic rings. The van der Waals surface area contributed by atoms with E-state index in [1.807, 2.05) is 6.92 Å². The predicted molar refractivity (Wildman–Crippen MR) is 109 cm³/mol. The maximum Gasteiger partial charge on any atom is 0.408 e. The quantitative estimate of drug-likeness (QED) is 0.460. The Balaban J connectivity index is 1.25. The molecule has 3 aromatic rings. The molecule has 10 nitrogen and oxygen atoms in total. The first kappa shape index (κ1) is 22.4. The molecule has 1 aliphatic heterocycles. The van der Waals surface area contributed by atoms with Crippen molar-refractivity contribution in [2.45, 2.75) is 56.3 Å². The third-order valence-electron chi connectivity index (χ3n) is 5.72. The molecule has 182 valence electrons. The maximum atomic E-state index is 14.9. The Morgan fingerprint density at radius 2 is 2.18 bits per heavy atom. The molecule has 3 N–H and O–H groups in total. The highest BCUT2D eigenvalue weighted by Crippen LogP contribution is 2.36. The van der Waals surface area contributed by atoms with Gasteiger partial charge in [-0.15, -0.1) is 0 Å². The van der Waals surface area contributed by atoms with Gasteiger partial charge >= 0.3 is 12.3 Å². The number of alkyl halides is 4. The molecule has 1 saturated heterocycles. The molecular formula is C20H21F4N7O3. The summed E-state index contributed by atoms with van der Waals surface area (Å²) in [5.41, 5.74) is 0.173. The molecule has 0 radical (unpaired) electrons. The van der Waals surface area contributed by atoms with E-state index in [9.17, 15) is 22.4 Å². The molecule has 4 heterocycles. The van der Waals surface area contributed by atoms with Crippen LogP contribution in [0.2, 0.25) is 0 Å². The molecule has 0 aromatic carbocycles. The largest absolute Gasteiger partial charge is 0.441 e. The van der Waals surface area contributed by atoms with Crippen molar-refractivity contribution >= 4 is 23.2 Å². The zero-order valence-electron chi connectivity index (χ0n) is 17.9. The van der Waals surface area contributed by atoms with E-state index in [1.165, 1.54) is 29.0 Å². The highest BCUT2D eigenvalue weighted by molar-refractivity contribution is 5.72. The van der Waals surface area contributed by atoms with Crippen molar-refractivity contribution in [2.24, 2.45) is 0 Å². The normalized spacial score (nSPS) is 23.7. The van der Waals surface area contributed by atoms with Crippen molar-refractivity contribution in [3.05, 3.63) is 35.9 Å². The van der Waals surface area contributed by atoms with Crippen LogP contribution in [-0.4, -0.2) is 61.5 Å². The first-order chi connectivity index (χ1) is 16.1. The van der Waals surface area contributed by atoms with Gasteiger partial charge in [0, 0.05) is 24.0 Å². The van der Waals surface area contributed by atoms with E-state index in [4.69, 9.17) is 9.47 Å². The number of nitrogens with zero attached hydrogens (tertiary/aromatic N) is 4. The van der Waals surface area contributed by atoms with Gasteiger partial charge in [-0.25, -0.2) is 18.7 Å². The number of halogens is 4. The molecule has 34 heavy (non-hydrogen) atoms. The molecule has 1 saturated carbocycles. The van der Waals surface area contributed by atoms with Gasteiger partial charge in [-0.2, -0.15) is 23.4 Å². The SMILES string of the molecule is CC1(NC(=O)O[C@@H]2CO[C@H](c3cc(Nc4nccn5nc(CC(F)(F)F)cc45)n[nH]3)[C@@H]2F)CC1. The highest BCUT2D eigenvalue weighted by atomic mass is 19.4. The number of carbonyl (C=O) groups excluding carboxylic acids is 1. The number of hydrogen-bond acceptors (Lipinski definition) is 7. The van der Waals surface area contributed by atoms with Crippen molar-refractivity contribution in [1.82, 2.24) is 30.1 Å². The van der Waals surface area contributed by atoms with Crippen LogP contribution in [0.4, 0.5) is 34.0 Å². The standard InChI is InChI=1S/C20H21F4N7O3/c1-19(2-3-19)27-18(32)34-13-9-33-16(15(13)21)11-7-14(29-28-11)26-17-12-6-10(8-20(22,23)24)30-31(12)5-4-25-17/h4-7,13,15-16H,2-3,8-9H2,1H3,(H,27,32)(H2,25,26,28,29)/t13-,15-,16-/m1/s1. The van der Waals surface area contributed by atoms with E-state index in [2.05, 4.69) is 30.9 Å². The molecule has 5 rings (SSSR count). The van der Waals surface area contributed by atoms with Crippen molar-refractivity contribution < 1.29 is 31.8 Å². The average Bonchev–Trinajstić information content (AvgIpc) is 3.10. The van der Waals surface area contributed by atoms with E-state index in [1.54, 1.807) is 0 Å². The van der Waals surface area contributed by atoms with Gasteiger partial charge in [-0.05, 0) is 25.8 Å². The number of aromatic nitrogens is 5. The van der Waals surface area contributed by atoms with Crippen molar-refractivity contribution in [3.8, 4) is 0 Å². The maximum absolute atomic E-state index is 14.9. The monoisotopic (exact) mass is 483 g/mol. The Bertz CT molecular complexity index is 1210. The minimum absolute atomic E-state index is 0.115. The summed E-state index contributed by atoms with van der Waals surface area (Å²) in [6.45, 7) is 1.77. The van der Waals surface area contributed by atoms with Gasteiger partial charge in [0.1, 0.15) is 11.6 Å². The fourth-order valence-electron chi connectivity index (χ4n) is 3.69. The second-order valence-corrected chi connectivity index (χ2v) is 8.69. The van der Waals surface area contributed by atoms with Crippen LogP contribution in [0.1, 0.15) is 37.3 Å². The first-order valence-electron chi connectivity index (χ1n) is 10.6. The van der Waals surface area contributed by atoms with E-state index < -0.39 is 37.1 Å². The van der Waals surface area contributed by atoms with E-state index >= 15 is 0 Å². The highest BCUT2D eigenvalue weighted by Gasteiger charge is 2.44. The predicted octanol–water partition coefficient (Wildman–Crippen LogP) is 3.36. The molecule has 0 spiro atoms. The number of ether oxygens (including phenoxy) is 2. The lowest BCUT2D eigenvalue weighted by Crippen LogP contribution is -2.39. The Morgan fingerprint density at radius 1 is 1.38 bits per heavy atom. The lowest BCUT2D eigenvalue weighted by atomic mass is 10.1. The van der Waals surface area contributed by atoms with Gasteiger partial charge in [0.25, 0.3) is 0 Å². The number of anilines is 2. The summed E-state index contributed by atoms with van der Waals surface area (Å²) in [5.74, 6) is 0.464.